The first-order chi connectivity index (χ1) is 14.0. The van der Waals surface area contributed by atoms with Crippen LogP contribution >= 0.6 is 11.6 Å². The molecule has 0 bridgehead atoms. The number of para-hydroxylation sites is 1. The fraction of sp³-hybridized carbons (Fsp3) is 0.174. The van der Waals surface area contributed by atoms with Gasteiger partial charge in [0.15, 0.2) is 0 Å². The normalized spacial score (nSPS) is 11.0. The summed E-state index contributed by atoms with van der Waals surface area (Å²) in [5.74, 6) is -0.198. The molecule has 0 spiro atoms. The van der Waals surface area contributed by atoms with Gasteiger partial charge in [-0.25, -0.2) is 4.98 Å². The molecule has 0 aliphatic rings. The molecule has 1 N–H and O–H groups in total. The molecule has 146 valence electrons. The van der Waals surface area contributed by atoms with E-state index >= 15 is 0 Å². The molecule has 4 rings (SSSR count). The second-order valence-corrected chi connectivity index (χ2v) is 7.41. The molecule has 4 aromatic rings. The van der Waals surface area contributed by atoms with Crippen LogP contribution < -0.4 is 5.32 Å². The molecular weight excluding hydrogens is 384 g/mol. The standard InChI is InChI=1S/C23H21ClN4O/c1-4-28-13-19(15(3)27-28)22-12-18(17-7-5-6-8-20(17)25-22)23(29)26-21-11-16(24)10-9-14(21)2/h5-13H,4H2,1-3H3,(H,26,29). The van der Waals surface area contributed by atoms with Crippen LogP contribution in [0.5, 0.6) is 0 Å². The van der Waals surface area contributed by atoms with Crippen LogP contribution in [-0.2, 0) is 6.54 Å². The van der Waals surface area contributed by atoms with E-state index in [0.717, 1.165) is 40.0 Å². The molecule has 0 saturated heterocycles. The lowest BCUT2D eigenvalue weighted by atomic mass is 10.0. The highest BCUT2D eigenvalue weighted by molar-refractivity contribution is 6.31. The maximum Gasteiger partial charge on any atom is 0.256 e. The van der Waals surface area contributed by atoms with E-state index in [1.54, 1.807) is 12.1 Å². The van der Waals surface area contributed by atoms with Crippen LogP contribution in [0.1, 0.15) is 28.5 Å². The molecule has 6 heteroatoms. The van der Waals surface area contributed by atoms with Crippen molar-refractivity contribution in [3.05, 3.63) is 76.6 Å². The number of aromatic nitrogens is 3. The van der Waals surface area contributed by atoms with Crippen LogP contribution in [0.4, 0.5) is 5.69 Å². The van der Waals surface area contributed by atoms with Crippen molar-refractivity contribution in [2.24, 2.45) is 0 Å². The van der Waals surface area contributed by atoms with Gasteiger partial charge in [0, 0.05) is 34.4 Å². The van der Waals surface area contributed by atoms with Crippen LogP contribution in [0.2, 0.25) is 5.02 Å². The van der Waals surface area contributed by atoms with E-state index in [1.165, 1.54) is 0 Å². The van der Waals surface area contributed by atoms with Crippen molar-refractivity contribution in [1.29, 1.82) is 0 Å². The van der Waals surface area contributed by atoms with E-state index in [4.69, 9.17) is 16.6 Å². The van der Waals surface area contributed by atoms with Gasteiger partial charge in [0.2, 0.25) is 0 Å². The molecule has 0 aliphatic carbocycles. The van der Waals surface area contributed by atoms with Crippen molar-refractivity contribution < 1.29 is 4.79 Å². The van der Waals surface area contributed by atoms with Gasteiger partial charge in [0.05, 0.1) is 22.5 Å². The lowest BCUT2D eigenvalue weighted by molar-refractivity contribution is 0.102. The van der Waals surface area contributed by atoms with Crippen molar-refractivity contribution in [2.75, 3.05) is 5.32 Å². The largest absolute Gasteiger partial charge is 0.322 e. The number of carbonyl (C=O) groups is 1. The molecule has 0 fully saturated rings. The molecule has 1 amide bonds. The lowest BCUT2D eigenvalue weighted by Crippen LogP contribution is -2.14. The van der Waals surface area contributed by atoms with E-state index in [-0.39, 0.29) is 5.91 Å². The Morgan fingerprint density at radius 3 is 2.69 bits per heavy atom. The Balaban J connectivity index is 1.83. The smallest absolute Gasteiger partial charge is 0.256 e. The number of carbonyl (C=O) groups excluding carboxylic acids is 1. The van der Waals surface area contributed by atoms with Gasteiger partial charge in [-0.05, 0) is 50.6 Å². The number of anilines is 1. The van der Waals surface area contributed by atoms with Crippen LogP contribution in [0.3, 0.4) is 0 Å². The number of pyridine rings is 1. The minimum atomic E-state index is -0.198. The number of aryl methyl sites for hydroxylation is 3. The van der Waals surface area contributed by atoms with Crippen molar-refractivity contribution in [2.45, 2.75) is 27.3 Å². The van der Waals surface area contributed by atoms with Gasteiger partial charge in [-0.2, -0.15) is 5.10 Å². The maximum atomic E-state index is 13.2. The maximum absolute atomic E-state index is 13.2. The highest BCUT2D eigenvalue weighted by Crippen LogP contribution is 2.28. The number of hydrogen-bond donors (Lipinski definition) is 1. The predicted molar refractivity (Wildman–Crippen MR) is 118 cm³/mol. The van der Waals surface area contributed by atoms with Crippen LogP contribution in [0.15, 0.2) is 54.7 Å². The first-order valence-corrected chi connectivity index (χ1v) is 9.85. The van der Waals surface area contributed by atoms with E-state index < -0.39 is 0 Å². The minimum absolute atomic E-state index is 0.198. The van der Waals surface area contributed by atoms with Gasteiger partial charge in [0.25, 0.3) is 5.91 Å². The molecule has 2 aromatic carbocycles. The molecule has 0 atom stereocenters. The molecular formula is C23H21ClN4O. The summed E-state index contributed by atoms with van der Waals surface area (Å²) in [5, 5.41) is 8.89. The van der Waals surface area contributed by atoms with Crippen LogP contribution in [0.25, 0.3) is 22.2 Å². The Labute approximate surface area is 174 Å². The summed E-state index contributed by atoms with van der Waals surface area (Å²) in [5.41, 5.74) is 5.50. The van der Waals surface area contributed by atoms with Gasteiger partial charge >= 0.3 is 0 Å². The zero-order valence-electron chi connectivity index (χ0n) is 16.5. The minimum Gasteiger partial charge on any atom is -0.322 e. The Hall–Kier alpha value is -3.18. The number of nitrogens with one attached hydrogen (secondary N) is 1. The topological polar surface area (TPSA) is 59.8 Å². The third kappa shape index (κ3) is 3.74. The number of benzene rings is 2. The summed E-state index contributed by atoms with van der Waals surface area (Å²) in [6.07, 6.45) is 1.97. The van der Waals surface area contributed by atoms with E-state index in [2.05, 4.69) is 10.4 Å². The van der Waals surface area contributed by atoms with Crippen LogP contribution in [-0.4, -0.2) is 20.7 Å². The van der Waals surface area contributed by atoms with E-state index in [1.807, 2.05) is 68.0 Å². The molecule has 2 aromatic heterocycles. The van der Waals surface area contributed by atoms with Crippen molar-refractivity contribution >= 4 is 34.1 Å². The Bertz CT molecular complexity index is 1230. The van der Waals surface area contributed by atoms with Gasteiger partial charge < -0.3 is 5.32 Å². The van der Waals surface area contributed by atoms with E-state index in [0.29, 0.717) is 16.3 Å². The van der Waals surface area contributed by atoms with Gasteiger partial charge in [-0.3, -0.25) is 9.48 Å². The van der Waals surface area contributed by atoms with Crippen LogP contribution in [0, 0.1) is 13.8 Å². The summed E-state index contributed by atoms with van der Waals surface area (Å²) < 4.78 is 1.87. The molecule has 0 saturated carbocycles. The Kier molecular flexibility index (Phi) is 5.07. The summed E-state index contributed by atoms with van der Waals surface area (Å²) in [6.45, 7) is 6.70. The first kappa shape index (κ1) is 19.2. The van der Waals surface area contributed by atoms with Crippen molar-refractivity contribution in [3.8, 4) is 11.3 Å². The lowest BCUT2D eigenvalue weighted by Gasteiger charge is -2.12. The van der Waals surface area contributed by atoms with Gasteiger partial charge in [-0.1, -0.05) is 35.9 Å². The molecule has 0 aliphatic heterocycles. The quantitative estimate of drug-likeness (QED) is 0.478. The van der Waals surface area contributed by atoms with Gasteiger partial charge in [0.1, 0.15) is 0 Å². The fourth-order valence-electron chi connectivity index (χ4n) is 3.35. The monoisotopic (exact) mass is 404 g/mol. The van der Waals surface area contributed by atoms with Gasteiger partial charge in [-0.15, -0.1) is 0 Å². The highest BCUT2D eigenvalue weighted by Gasteiger charge is 2.17. The molecule has 5 nitrogen and oxygen atoms in total. The average molecular weight is 405 g/mol. The number of rotatable bonds is 4. The summed E-state index contributed by atoms with van der Waals surface area (Å²) >= 11 is 6.11. The number of nitrogens with zero attached hydrogens (tertiary/aromatic N) is 3. The third-order valence-electron chi connectivity index (χ3n) is 4.95. The zero-order chi connectivity index (χ0) is 20.5. The number of halogens is 1. The van der Waals surface area contributed by atoms with E-state index in [9.17, 15) is 4.79 Å². The third-order valence-corrected chi connectivity index (χ3v) is 5.19. The number of hydrogen-bond acceptors (Lipinski definition) is 3. The molecule has 0 radical (unpaired) electrons. The fourth-order valence-corrected chi connectivity index (χ4v) is 3.52. The van der Waals surface area contributed by atoms with Crippen molar-refractivity contribution in [3.63, 3.8) is 0 Å². The summed E-state index contributed by atoms with van der Waals surface area (Å²) in [4.78, 5) is 18.0. The number of fused-ring (bicyclic) bond motifs is 1. The summed E-state index contributed by atoms with van der Waals surface area (Å²) in [6, 6.07) is 14.9. The van der Waals surface area contributed by atoms with Crippen molar-refractivity contribution in [1.82, 2.24) is 14.8 Å². The Morgan fingerprint density at radius 1 is 1.14 bits per heavy atom. The summed E-state index contributed by atoms with van der Waals surface area (Å²) in [7, 11) is 0. The number of amides is 1. The first-order valence-electron chi connectivity index (χ1n) is 9.48. The second kappa shape index (κ2) is 7.68. The average Bonchev–Trinajstić information content (AvgIpc) is 3.10. The predicted octanol–water partition coefficient (Wildman–Crippen LogP) is 5.64. The molecule has 29 heavy (non-hydrogen) atoms. The second-order valence-electron chi connectivity index (χ2n) is 6.97. The molecule has 0 unspecified atom stereocenters. The molecule has 2 heterocycles. The SMILES string of the molecule is CCn1cc(-c2cc(C(=O)Nc3cc(Cl)ccc3C)c3ccccc3n2)c(C)n1. The Morgan fingerprint density at radius 2 is 1.93 bits per heavy atom. The zero-order valence-corrected chi connectivity index (χ0v) is 17.3. The highest BCUT2D eigenvalue weighted by atomic mass is 35.5.